The van der Waals surface area contributed by atoms with Crippen molar-refractivity contribution in [1.29, 1.82) is 0 Å². The number of carbonyl (C=O) groups is 2. The van der Waals surface area contributed by atoms with E-state index in [1.165, 1.54) is 5.57 Å². The third-order valence-corrected chi connectivity index (χ3v) is 3.78. The molecule has 2 aliphatic rings. The zero-order valence-corrected chi connectivity index (χ0v) is 8.95. The number of thioether (sulfide) groups is 1. The molecule has 1 aliphatic carbocycles. The Labute approximate surface area is 87.3 Å². The van der Waals surface area contributed by atoms with Crippen molar-refractivity contribution in [3.8, 4) is 0 Å². The molecule has 2 fully saturated rings. The quantitative estimate of drug-likeness (QED) is 0.626. The van der Waals surface area contributed by atoms with Gasteiger partial charge in [-0.25, -0.2) is 0 Å². The fraction of sp³-hybridized carbons (Fsp3) is 0.600. The van der Waals surface area contributed by atoms with Crippen LogP contribution in [0.15, 0.2) is 10.5 Å². The van der Waals surface area contributed by atoms with E-state index >= 15 is 0 Å². The van der Waals surface area contributed by atoms with E-state index in [1.54, 1.807) is 0 Å². The SMILES string of the molecule is CC1CCC(=C2SC(=O)NC2=O)CC1. The summed E-state index contributed by atoms with van der Waals surface area (Å²) in [6, 6.07) is 0. The molecule has 1 heterocycles. The lowest BCUT2D eigenvalue weighted by Gasteiger charge is -2.20. The number of allylic oxidation sites excluding steroid dienone is 1. The van der Waals surface area contributed by atoms with Crippen LogP contribution in [0.2, 0.25) is 0 Å². The molecule has 1 saturated heterocycles. The van der Waals surface area contributed by atoms with Crippen molar-refractivity contribution in [3.63, 3.8) is 0 Å². The number of imide groups is 1. The maximum Gasteiger partial charge on any atom is 0.290 e. The molecule has 1 saturated carbocycles. The van der Waals surface area contributed by atoms with Gasteiger partial charge in [0.1, 0.15) is 0 Å². The largest absolute Gasteiger partial charge is 0.290 e. The summed E-state index contributed by atoms with van der Waals surface area (Å²) in [5, 5.41) is 2.08. The second-order valence-electron chi connectivity index (χ2n) is 3.96. The van der Waals surface area contributed by atoms with Crippen molar-refractivity contribution in [3.05, 3.63) is 10.5 Å². The Hall–Kier alpha value is -0.770. The molecule has 1 aliphatic heterocycles. The van der Waals surface area contributed by atoms with Crippen LogP contribution in [0, 0.1) is 5.92 Å². The summed E-state index contributed by atoms with van der Waals surface area (Å²) in [7, 11) is 0. The van der Waals surface area contributed by atoms with Crippen LogP contribution < -0.4 is 5.32 Å². The molecule has 0 aromatic carbocycles. The van der Waals surface area contributed by atoms with Crippen LogP contribution in [0.3, 0.4) is 0 Å². The van der Waals surface area contributed by atoms with E-state index in [9.17, 15) is 9.59 Å². The van der Waals surface area contributed by atoms with Gasteiger partial charge in [0.25, 0.3) is 11.1 Å². The molecule has 2 amide bonds. The Kier molecular flexibility index (Phi) is 2.63. The third kappa shape index (κ3) is 1.85. The molecule has 0 unspecified atom stereocenters. The minimum atomic E-state index is -0.226. The van der Waals surface area contributed by atoms with Crippen LogP contribution in [0.1, 0.15) is 32.6 Å². The van der Waals surface area contributed by atoms with Gasteiger partial charge < -0.3 is 0 Å². The summed E-state index contributed by atoms with van der Waals surface area (Å²) in [6.07, 6.45) is 4.23. The van der Waals surface area contributed by atoms with Crippen molar-refractivity contribution in [2.24, 2.45) is 5.92 Å². The summed E-state index contributed by atoms with van der Waals surface area (Å²) in [6.45, 7) is 2.23. The van der Waals surface area contributed by atoms with E-state index in [0.29, 0.717) is 4.91 Å². The summed E-state index contributed by atoms with van der Waals surface area (Å²) in [4.78, 5) is 23.0. The monoisotopic (exact) mass is 211 g/mol. The molecular formula is C10H13NO2S. The minimum absolute atomic E-state index is 0.190. The average molecular weight is 211 g/mol. The van der Waals surface area contributed by atoms with Gasteiger partial charge in [0.05, 0.1) is 4.91 Å². The summed E-state index contributed by atoms with van der Waals surface area (Å²) >= 11 is 1.06. The number of hydrogen-bond donors (Lipinski definition) is 1. The van der Waals surface area contributed by atoms with Crippen LogP contribution in [-0.4, -0.2) is 11.1 Å². The van der Waals surface area contributed by atoms with Gasteiger partial charge in [0.2, 0.25) is 0 Å². The normalized spacial score (nSPS) is 28.2. The molecule has 4 heteroatoms. The highest BCUT2D eigenvalue weighted by molar-refractivity contribution is 8.18. The second kappa shape index (κ2) is 3.77. The van der Waals surface area contributed by atoms with Crippen molar-refractivity contribution in [2.45, 2.75) is 32.6 Å². The Morgan fingerprint density at radius 3 is 2.43 bits per heavy atom. The first-order chi connectivity index (χ1) is 6.66. The summed E-state index contributed by atoms with van der Waals surface area (Å²) in [5.41, 5.74) is 1.18. The molecule has 0 radical (unpaired) electrons. The highest BCUT2D eigenvalue weighted by Gasteiger charge is 2.29. The molecule has 3 nitrogen and oxygen atoms in total. The van der Waals surface area contributed by atoms with Crippen molar-refractivity contribution in [1.82, 2.24) is 5.32 Å². The first kappa shape index (κ1) is 9.77. The minimum Gasteiger partial charge on any atom is -0.282 e. The lowest BCUT2D eigenvalue weighted by molar-refractivity contribution is -0.115. The standard InChI is InChI=1S/C10H13NO2S/c1-6-2-4-7(5-3-6)8-9(12)11-10(13)14-8/h6H,2-5H2,1H3,(H,11,12,13). The Bertz CT molecular complexity index is 312. The molecule has 0 aromatic heterocycles. The lowest BCUT2D eigenvalue weighted by Crippen LogP contribution is -2.19. The molecule has 0 atom stereocenters. The molecule has 0 aromatic rings. The summed E-state index contributed by atoms with van der Waals surface area (Å²) < 4.78 is 0. The Morgan fingerprint density at radius 2 is 1.93 bits per heavy atom. The fourth-order valence-electron chi connectivity index (χ4n) is 1.88. The number of nitrogens with one attached hydrogen (secondary N) is 1. The van der Waals surface area contributed by atoms with E-state index in [1.807, 2.05) is 0 Å². The lowest BCUT2D eigenvalue weighted by atomic mass is 9.87. The van der Waals surface area contributed by atoms with E-state index < -0.39 is 0 Å². The van der Waals surface area contributed by atoms with E-state index in [2.05, 4.69) is 12.2 Å². The van der Waals surface area contributed by atoms with Gasteiger partial charge >= 0.3 is 0 Å². The van der Waals surface area contributed by atoms with Crippen LogP contribution in [0.4, 0.5) is 4.79 Å². The van der Waals surface area contributed by atoms with Gasteiger partial charge in [-0.05, 0) is 43.4 Å². The van der Waals surface area contributed by atoms with Gasteiger partial charge in [-0.3, -0.25) is 14.9 Å². The van der Waals surface area contributed by atoms with Crippen LogP contribution in [0.5, 0.6) is 0 Å². The predicted octanol–water partition coefficient (Wildman–Crippen LogP) is 2.43. The molecule has 2 rings (SSSR count). The second-order valence-corrected chi connectivity index (χ2v) is 4.94. The van der Waals surface area contributed by atoms with Crippen LogP contribution in [-0.2, 0) is 4.79 Å². The third-order valence-electron chi connectivity index (χ3n) is 2.82. The Balaban J connectivity index is 2.15. The highest BCUT2D eigenvalue weighted by Crippen LogP contribution is 2.36. The highest BCUT2D eigenvalue weighted by atomic mass is 32.2. The topological polar surface area (TPSA) is 46.2 Å². The zero-order chi connectivity index (χ0) is 10.1. The molecule has 76 valence electrons. The average Bonchev–Trinajstić information content (AvgIpc) is 2.47. The van der Waals surface area contributed by atoms with Gasteiger partial charge in [0, 0.05) is 0 Å². The van der Waals surface area contributed by atoms with Gasteiger partial charge in [-0.2, -0.15) is 0 Å². The molecule has 0 spiro atoms. The maximum atomic E-state index is 11.4. The molecule has 0 bridgehead atoms. The summed E-state index contributed by atoms with van der Waals surface area (Å²) in [5.74, 6) is 0.564. The molecule has 1 N–H and O–H groups in total. The van der Waals surface area contributed by atoms with E-state index in [-0.39, 0.29) is 11.1 Å². The first-order valence-electron chi connectivity index (χ1n) is 4.92. The number of rotatable bonds is 0. The number of hydrogen-bond acceptors (Lipinski definition) is 3. The first-order valence-corrected chi connectivity index (χ1v) is 5.73. The van der Waals surface area contributed by atoms with Crippen molar-refractivity contribution in [2.75, 3.05) is 0 Å². The van der Waals surface area contributed by atoms with Crippen LogP contribution in [0.25, 0.3) is 0 Å². The van der Waals surface area contributed by atoms with Gasteiger partial charge in [-0.1, -0.05) is 12.5 Å². The van der Waals surface area contributed by atoms with Crippen LogP contribution >= 0.6 is 11.8 Å². The maximum absolute atomic E-state index is 11.4. The van der Waals surface area contributed by atoms with Gasteiger partial charge in [-0.15, -0.1) is 0 Å². The predicted molar refractivity (Wildman–Crippen MR) is 55.8 cm³/mol. The fourth-order valence-corrected chi connectivity index (χ4v) is 2.71. The van der Waals surface area contributed by atoms with Crippen molar-refractivity contribution >= 4 is 22.9 Å². The zero-order valence-electron chi connectivity index (χ0n) is 8.13. The number of carbonyl (C=O) groups excluding carboxylic acids is 2. The van der Waals surface area contributed by atoms with Crippen molar-refractivity contribution < 1.29 is 9.59 Å². The smallest absolute Gasteiger partial charge is 0.282 e. The number of amides is 2. The van der Waals surface area contributed by atoms with E-state index in [0.717, 1.165) is 43.4 Å². The van der Waals surface area contributed by atoms with Gasteiger partial charge in [0.15, 0.2) is 0 Å². The molecule has 14 heavy (non-hydrogen) atoms. The Morgan fingerprint density at radius 1 is 1.29 bits per heavy atom. The van der Waals surface area contributed by atoms with E-state index in [4.69, 9.17) is 0 Å². The molecular weight excluding hydrogens is 198 g/mol.